The number of halogens is 1. The topological polar surface area (TPSA) is 38.3 Å². The molecule has 0 aromatic heterocycles. The summed E-state index contributed by atoms with van der Waals surface area (Å²) in [6, 6.07) is 13.9. The SMILES string of the molecule is CCC(Oc1cc(C)cc(C)c1)C(=O)NCCSCc1ccc(Cl)cc1. The van der Waals surface area contributed by atoms with Crippen molar-refractivity contribution in [2.24, 2.45) is 0 Å². The molecule has 0 saturated heterocycles. The van der Waals surface area contributed by atoms with Gasteiger partial charge in [-0.15, -0.1) is 0 Å². The highest BCUT2D eigenvalue weighted by molar-refractivity contribution is 7.98. The van der Waals surface area contributed by atoms with Crippen LogP contribution in [0.25, 0.3) is 0 Å². The number of amides is 1. The molecule has 5 heteroatoms. The summed E-state index contributed by atoms with van der Waals surface area (Å²) in [5.74, 6) is 2.46. The molecule has 26 heavy (non-hydrogen) atoms. The van der Waals surface area contributed by atoms with E-state index in [1.807, 2.05) is 57.2 Å². The van der Waals surface area contributed by atoms with Gasteiger partial charge in [0.1, 0.15) is 5.75 Å². The van der Waals surface area contributed by atoms with E-state index < -0.39 is 6.10 Å². The van der Waals surface area contributed by atoms with Crippen molar-refractivity contribution in [2.45, 2.75) is 39.0 Å². The number of nitrogens with one attached hydrogen (secondary N) is 1. The minimum atomic E-state index is -0.461. The second-order valence-corrected chi connectivity index (χ2v) is 7.85. The van der Waals surface area contributed by atoms with Crippen molar-refractivity contribution in [2.75, 3.05) is 12.3 Å². The van der Waals surface area contributed by atoms with Gasteiger partial charge in [-0.2, -0.15) is 11.8 Å². The van der Waals surface area contributed by atoms with Crippen LogP contribution in [0.1, 0.15) is 30.0 Å². The van der Waals surface area contributed by atoms with Crippen molar-refractivity contribution in [1.82, 2.24) is 5.32 Å². The van der Waals surface area contributed by atoms with Crippen LogP contribution in [0, 0.1) is 13.8 Å². The van der Waals surface area contributed by atoms with Crippen molar-refractivity contribution in [3.05, 3.63) is 64.2 Å². The Hall–Kier alpha value is -1.65. The zero-order chi connectivity index (χ0) is 18.9. The maximum Gasteiger partial charge on any atom is 0.261 e. The molecule has 0 heterocycles. The Morgan fingerprint density at radius 3 is 2.42 bits per heavy atom. The number of rotatable bonds is 9. The van der Waals surface area contributed by atoms with Crippen LogP contribution in [0.3, 0.4) is 0 Å². The predicted molar refractivity (Wildman–Crippen MR) is 111 cm³/mol. The average Bonchev–Trinajstić information content (AvgIpc) is 2.60. The van der Waals surface area contributed by atoms with Crippen molar-refractivity contribution in [3.63, 3.8) is 0 Å². The van der Waals surface area contributed by atoms with E-state index in [1.54, 1.807) is 11.8 Å². The maximum atomic E-state index is 12.4. The van der Waals surface area contributed by atoms with Crippen molar-refractivity contribution >= 4 is 29.3 Å². The summed E-state index contributed by atoms with van der Waals surface area (Å²) >= 11 is 7.67. The lowest BCUT2D eigenvalue weighted by Crippen LogP contribution is -2.39. The van der Waals surface area contributed by atoms with Crippen molar-refractivity contribution in [3.8, 4) is 5.75 Å². The zero-order valence-corrected chi connectivity index (χ0v) is 17.1. The second-order valence-electron chi connectivity index (χ2n) is 6.31. The lowest BCUT2D eigenvalue weighted by atomic mass is 10.1. The van der Waals surface area contributed by atoms with Crippen LogP contribution in [-0.2, 0) is 10.5 Å². The van der Waals surface area contributed by atoms with Gasteiger partial charge in [0.25, 0.3) is 5.91 Å². The van der Waals surface area contributed by atoms with Crippen LogP contribution in [0.5, 0.6) is 5.75 Å². The van der Waals surface area contributed by atoms with Crippen LogP contribution in [-0.4, -0.2) is 24.3 Å². The van der Waals surface area contributed by atoms with E-state index in [-0.39, 0.29) is 5.91 Å². The third-order valence-electron chi connectivity index (χ3n) is 3.86. The number of thioether (sulfide) groups is 1. The molecule has 1 unspecified atom stereocenters. The third kappa shape index (κ3) is 6.93. The Morgan fingerprint density at radius 1 is 1.15 bits per heavy atom. The summed E-state index contributed by atoms with van der Waals surface area (Å²) in [6.07, 6.45) is 0.175. The van der Waals surface area contributed by atoms with Gasteiger partial charge < -0.3 is 10.1 Å². The van der Waals surface area contributed by atoms with Gasteiger partial charge in [-0.3, -0.25) is 4.79 Å². The molecule has 0 spiro atoms. The third-order valence-corrected chi connectivity index (χ3v) is 5.15. The first-order chi connectivity index (χ1) is 12.5. The van der Waals surface area contributed by atoms with E-state index in [1.165, 1.54) is 5.56 Å². The number of hydrogen-bond acceptors (Lipinski definition) is 3. The van der Waals surface area contributed by atoms with E-state index in [4.69, 9.17) is 16.3 Å². The minimum absolute atomic E-state index is 0.0567. The van der Waals surface area contributed by atoms with E-state index in [0.29, 0.717) is 13.0 Å². The number of carbonyl (C=O) groups excluding carboxylic acids is 1. The van der Waals surface area contributed by atoms with Gasteiger partial charge in [0.05, 0.1) is 0 Å². The first kappa shape index (κ1) is 20.7. The molecule has 0 fully saturated rings. The highest BCUT2D eigenvalue weighted by Crippen LogP contribution is 2.19. The first-order valence-corrected chi connectivity index (χ1v) is 10.4. The first-order valence-electron chi connectivity index (χ1n) is 8.82. The lowest BCUT2D eigenvalue weighted by Gasteiger charge is -2.18. The quantitative estimate of drug-likeness (QED) is 0.599. The fourth-order valence-electron chi connectivity index (χ4n) is 2.62. The Labute approximate surface area is 165 Å². The van der Waals surface area contributed by atoms with Gasteiger partial charge in [-0.05, 0) is 61.2 Å². The van der Waals surface area contributed by atoms with Gasteiger partial charge in [0.2, 0.25) is 0 Å². The largest absolute Gasteiger partial charge is 0.481 e. The van der Waals surface area contributed by atoms with Gasteiger partial charge >= 0.3 is 0 Å². The Morgan fingerprint density at radius 2 is 1.81 bits per heavy atom. The van der Waals surface area contributed by atoms with Crippen LogP contribution in [0.15, 0.2) is 42.5 Å². The van der Waals surface area contributed by atoms with E-state index in [9.17, 15) is 4.79 Å². The van der Waals surface area contributed by atoms with Crippen LogP contribution < -0.4 is 10.1 Å². The molecular formula is C21H26ClNO2S. The van der Waals surface area contributed by atoms with E-state index in [2.05, 4.69) is 11.4 Å². The van der Waals surface area contributed by atoms with Gasteiger partial charge in [0, 0.05) is 23.1 Å². The standard InChI is InChI=1S/C21H26ClNO2S/c1-4-20(25-19-12-15(2)11-16(3)13-19)21(24)23-9-10-26-14-17-5-7-18(22)8-6-17/h5-8,11-13,20H,4,9-10,14H2,1-3H3,(H,23,24). The minimum Gasteiger partial charge on any atom is -0.481 e. The zero-order valence-electron chi connectivity index (χ0n) is 15.5. The van der Waals surface area contributed by atoms with Gasteiger partial charge in [-0.1, -0.05) is 36.7 Å². The average molecular weight is 392 g/mol. The molecule has 0 radical (unpaired) electrons. The normalized spacial score (nSPS) is 11.8. The van der Waals surface area contributed by atoms with E-state index in [0.717, 1.165) is 33.4 Å². The highest BCUT2D eigenvalue weighted by Gasteiger charge is 2.18. The molecular weight excluding hydrogens is 366 g/mol. The van der Waals surface area contributed by atoms with Gasteiger partial charge in [0.15, 0.2) is 6.10 Å². The fourth-order valence-corrected chi connectivity index (χ4v) is 3.56. The molecule has 1 atom stereocenters. The molecule has 1 N–H and O–H groups in total. The number of carbonyl (C=O) groups is 1. The lowest BCUT2D eigenvalue weighted by molar-refractivity contribution is -0.127. The molecule has 0 aliphatic carbocycles. The number of ether oxygens (including phenoxy) is 1. The Balaban J connectivity index is 1.73. The Kier molecular flexibility index (Phi) is 8.33. The molecule has 1 amide bonds. The van der Waals surface area contributed by atoms with E-state index >= 15 is 0 Å². The molecule has 0 aliphatic heterocycles. The summed E-state index contributed by atoms with van der Waals surface area (Å²) < 4.78 is 5.89. The smallest absolute Gasteiger partial charge is 0.261 e. The summed E-state index contributed by atoms with van der Waals surface area (Å²) in [4.78, 5) is 12.4. The molecule has 2 aromatic carbocycles. The molecule has 0 saturated carbocycles. The van der Waals surface area contributed by atoms with Crippen molar-refractivity contribution in [1.29, 1.82) is 0 Å². The number of aryl methyl sites for hydroxylation is 2. The molecule has 140 valence electrons. The number of hydrogen-bond donors (Lipinski definition) is 1. The molecule has 2 aromatic rings. The van der Waals surface area contributed by atoms with Crippen LogP contribution >= 0.6 is 23.4 Å². The monoisotopic (exact) mass is 391 g/mol. The van der Waals surface area contributed by atoms with Crippen LogP contribution in [0.2, 0.25) is 5.02 Å². The van der Waals surface area contributed by atoms with Crippen LogP contribution in [0.4, 0.5) is 0 Å². The van der Waals surface area contributed by atoms with Gasteiger partial charge in [-0.25, -0.2) is 0 Å². The summed E-state index contributed by atoms with van der Waals surface area (Å²) in [6.45, 7) is 6.64. The maximum absolute atomic E-state index is 12.4. The molecule has 3 nitrogen and oxygen atoms in total. The Bertz CT molecular complexity index is 698. The second kappa shape index (κ2) is 10.5. The molecule has 0 bridgehead atoms. The molecule has 2 rings (SSSR count). The summed E-state index contributed by atoms with van der Waals surface area (Å²) in [5, 5.41) is 3.72. The molecule has 0 aliphatic rings. The summed E-state index contributed by atoms with van der Waals surface area (Å²) in [7, 11) is 0. The summed E-state index contributed by atoms with van der Waals surface area (Å²) in [5.41, 5.74) is 3.50. The predicted octanol–water partition coefficient (Wildman–Crippen LogP) is 5.16. The highest BCUT2D eigenvalue weighted by atomic mass is 35.5. The van der Waals surface area contributed by atoms with Crippen molar-refractivity contribution < 1.29 is 9.53 Å². The fraction of sp³-hybridized carbons (Fsp3) is 0.381. The number of benzene rings is 2.